The maximum Gasteiger partial charge on any atom is 0.254 e. The minimum atomic E-state index is -0.00635. The van der Waals surface area contributed by atoms with E-state index in [-0.39, 0.29) is 23.9 Å². The number of hydrogen-bond donors (Lipinski definition) is 1. The molecule has 2 aliphatic carbocycles. The summed E-state index contributed by atoms with van der Waals surface area (Å²) in [5.41, 5.74) is 11.0. The Morgan fingerprint density at radius 2 is 1.92 bits per heavy atom. The van der Waals surface area contributed by atoms with Crippen LogP contribution in [-0.4, -0.2) is 78.7 Å². The van der Waals surface area contributed by atoms with E-state index in [4.69, 9.17) is 20.4 Å². The highest BCUT2D eigenvalue weighted by Crippen LogP contribution is 2.41. The summed E-state index contributed by atoms with van der Waals surface area (Å²) in [5, 5.41) is 10.5. The van der Waals surface area contributed by atoms with E-state index in [9.17, 15) is 10.1 Å². The second kappa shape index (κ2) is 11.3. The Hall–Kier alpha value is -5.02. The van der Waals surface area contributed by atoms with Gasteiger partial charge in [0.25, 0.3) is 5.91 Å². The number of anilines is 1. The number of aromatic nitrogens is 6. The van der Waals surface area contributed by atoms with Crippen LogP contribution in [0, 0.1) is 29.1 Å². The molecule has 1 amide bonds. The van der Waals surface area contributed by atoms with Gasteiger partial charge in [0.1, 0.15) is 28.8 Å². The zero-order chi connectivity index (χ0) is 32.5. The summed E-state index contributed by atoms with van der Waals surface area (Å²) >= 11 is 0. The van der Waals surface area contributed by atoms with Gasteiger partial charge in [-0.05, 0) is 80.2 Å². The second-order valence-corrected chi connectivity index (χ2v) is 14.0. The molecule has 0 radical (unpaired) electrons. The van der Waals surface area contributed by atoms with Gasteiger partial charge >= 0.3 is 0 Å². The Morgan fingerprint density at radius 1 is 1.04 bits per heavy atom. The monoisotopic (exact) mass is 642 g/mol. The van der Waals surface area contributed by atoms with E-state index in [0.29, 0.717) is 41.9 Å². The molecule has 12 heteroatoms. The van der Waals surface area contributed by atoms with E-state index in [1.807, 2.05) is 29.3 Å². The minimum absolute atomic E-state index is 0.00635. The van der Waals surface area contributed by atoms with E-state index >= 15 is 0 Å². The Kier molecular flexibility index (Phi) is 6.86. The van der Waals surface area contributed by atoms with Crippen LogP contribution in [0.15, 0.2) is 48.9 Å². The van der Waals surface area contributed by atoms with E-state index in [2.05, 4.69) is 42.2 Å². The maximum atomic E-state index is 14.0. The lowest BCUT2D eigenvalue weighted by Gasteiger charge is -2.27. The number of piperidine rings is 1. The van der Waals surface area contributed by atoms with Crippen molar-refractivity contribution in [2.75, 3.05) is 31.6 Å². The number of benzene rings is 1. The molecule has 6 heterocycles. The molecule has 4 aromatic heterocycles. The molecule has 244 valence electrons. The molecule has 0 spiro atoms. The van der Waals surface area contributed by atoms with Crippen molar-refractivity contribution in [2.24, 2.45) is 23.5 Å². The molecule has 4 atom stereocenters. The van der Waals surface area contributed by atoms with Crippen molar-refractivity contribution in [2.45, 2.75) is 57.3 Å². The number of ether oxygens (including phenoxy) is 1. The van der Waals surface area contributed by atoms with E-state index in [1.54, 1.807) is 13.3 Å². The van der Waals surface area contributed by atoms with Crippen LogP contribution in [0.2, 0.25) is 0 Å². The maximum absolute atomic E-state index is 14.0. The van der Waals surface area contributed by atoms with Gasteiger partial charge in [-0.3, -0.25) is 9.78 Å². The van der Waals surface area contributed by atoms with E-state index < -0.39 is 0 Å². The normalized spacial score (nSPS) is 23.4. The summed E-state index contributed by atoms with van der Waals surface area (Å²) in [6.45, 7) is 3.88. The summed E-state index contributed by atoms with van der Waals surface area (Å²) in [5.74, 6) is 3.48. The lowest BCUT2D eigenvalue weighted by Crippen LogP contribution is -2.41. The zero-order valence-electron chi connectivity index (χ0n) is 27.0. The Bertz CT molecular complexity index is 2110. The zero-order valence-corrected chi connectivity index (χ0v) is 27.0. The predicted molar refractivity (Wildman–Crippen MR) is 180 cm³/mol. The number of carbonyl (C=O) groups is 1. The molecule has 9 rings (SSSR count). The quantitative estimate of drug-likeness (QED) is 0.263. The number of methoxy groups -OCH3 is 1. The second-order valence-electron chi connectivity index (χ2n) is 14.0. The summed E-state index contributed by atoms with van der Waals surface area (Å²) in [6.07, 6.45) is 10.5. The number of likely N-dealkylation sites (tertiary alicyclic amines) is 1. The molecule has 2 N–H and O–H groups in total. The SMILES string of the molecule is COc1cc(C(=O)N2CC3CCC2[C@@H]3N)cc2nc(-c3cc4cccnc4n3CC3CC3)n(C[C@@H]3CCN(c4cncc(C#N)n4)C3)c12. The van der Waals surface area contributed by atoms with Gasteiger partial charge in [0.05, 0.1) is 30.7 Å². The van der Waals surface area contributed by atoms with Crippen molar-refractivity contribution in [3.63, 3.8) is 0 Å². The average molecular weight is 643 g/mol. The number of pyridine rings is 1. The van der Waals surface area contributed by atoms with Gasteiger partial charge in [0.2, 0.25) is 0 Å². The molecule has 2 bridgehead atoms. The number of rotatable bonds is 8. The number of amides is 1. The largest absolute Gasteiger partial charge is 0.494 e. The highest BCUT2D eigenvalue weighted by atomic mass is 16.5. The summed E-state index contributed by atoms with van der Waals surface area (Å²) < 4.78 is 10.7. The third-order valence-corrected chi connectivity index (χ3v) is 11.0. The third-order valence-electron chi connectivity index (χ3n) is 11.0. The van der Waals surface area contributed by atoms with E-state index in [1.165, 1.54) is 19.0 Å². The van der Waals surface area contributed by atoms with Crippen molar-refractivity contribution in [1.82, 2.24) is 34.0 Å². The van der Waals surface area contributed by atoms with E-state index in [0.717, 1.165) is 78.3 Å². The van der Waals surface area contributed by atoms with Gasteiger partial charge in [-0.15, -0.1) is 0 Å². The lowest BCUT2D eigenvalue weighted by atomic mass is 10.1. The fourth-order valence-electron chi connectivity index (χ4n) is 8.36. The Morgan fingerprint density at radius 3 is 2.69 bits per heavy atom. The molecule has 4 fully saturated rings. The number of nitrogens with zero attached hydrogens (tertiary/aromatic N) is 9. The number of nitrogens with two attached hydrogens (primary N) is 1. The number of imidazole rings is 1. The van der Waals surface area contributed by atoms with Gasteiger partial charge in [0.15, 0.2) is 11.5 Å². The molecule has 2 unspecified atom stereocenters. The predicted octanol–water partition coefficient (Wildman–Crippen LogP) is 4.22. The number of carbonyl (C=O) groups excluding carboxylic acids is 1. The lowest BCUT2D eigenvalue weighted by molar-refractivity contribution is 0.0700. The van der Waals surface area contributed by atoms with Gasteiger partial charge in [-0.25, -0.2) is 15.0 Å². The summed E-state index contributed by atoms with van der Waals surface area (Å²) in [6, 6.07) is 12.4. The molecule has 2 saturated heterocycles. The first kappa shape index (κ1) is 29.1. The van der Waals surface area contributed by atoms with Crippen molar-refractivity contribution >= 4 is 33.8 Å². The molecular weight excluding hydrogens is 604 g/mol. The number of nitriles is 1. The molecule has 48 heavy (non-hydrogen) atoms. The Balaban J connectivity index is 1.15. The van der Waals surface area contributed by atoms with Gasteiger partial charge in [-0.1, -0.05) is 0 Å². The summed E-state index contributed by atoms with van der Waals surface area (Å²) in [4.78, 5) is 37.0. The van der Waals surface area contributed by atoms with Gasteiger partial charge in [0, 0.05) is 62.0 Å². The van der Waals surface area contributed by atoms with Crippen molar-refractivity contribution in [3.05, 3.63) is 60.2 Å². The van der Waals surface area contributed by atoms with Crippen LogP contribution in [-0.2, 0) is 13.1 Å². The molecular formula is C36H38N10O2. The highest BCUT2D eigenvalue weighted by Gasteiger charge is 2.47. The van der Waals surface area contributed by atoms with Crippen LogP contribution < -0.4 is 15.4 Å². The third kappa shape index (κ3) is 4.79. The van der Waals surface area contributed by atoms with Gasteiger partial charge < -0.3 is 29.4 Å². The number of hydrogen-bond acceptors (Lipinski definition) is 9. The highest BCUT2D eigenvalue weighted by molar-refractivity contribution is 6.00. The molecule has 2 aliphatic heterocycles. The van der Waals surface area contributed by atoms with Crippen LogP contribution in [0.5, 0.6) is 5.75 Å². The van der Waals surface area contributed by atoms with Crippen LogP contribution in [0.25, 0.3) is 33.6 Å². The molecule has 5 aromatic rings. The first-order valence-corrected chi connectivity index (χ1v) is 17.1. The van der Waals surface area contributed by atoms with Gasteiger partial charge in [-0.2, -0.15) is 5.26 Å². The van der Waals surface area contributed by atoms with Crippen molar-refractivity contribution < 1.29 is 9.53 Å². The first-order valence-electron chi connectivity index (χ1n) is 17.1. The van der Waals surface area contributed by atoms with Crippen molar-refractivity contribution in [3.8, 4) is 23.3 Å². The van der Waals surface area contributed by atoms with Crippen molar-refractivity contribution in [1.29, 1.82) is 5.26 Å². The standard InChI is InChI=1S/C36H38N10O2/c1-48-30-13-25(36(47)45-20-24-6-7-28(45)32(24)38)11-27-33(30)46(19-22-8-10-43(17-22)31-16-39-15-26(14-37)41-31)35(42-27)29-12-23-3-2-9-40-34(23)44(29)18-21-4-5-21/h2-3,9,11-13,15-16,21-22,24,28,32H,4-8,10,17-20,38H2,1H3/t22-,24?,28?,32-/m1/s1. The number of fused-ring (bicyclic) bond motifs is 4. The molecule has 1 aromatic carbocycles. The topological polar surface area (TPSA) is 144 Å². The van der Waals surface area contributed by atoms with Crippen LogP contribution >= 0.6 is 0 Å². The average Bonchev–Trinajstić information content (AvgIpc) is 3.43. The minimum Gasteiger partial charge on any atom is -0.494 e. The Labute approximate surface area is 278 Å². The fourth-order valence-corrected chi connectivity index (χ4v) is 8.36. The van der Waals surface area contributed by atoms with Crippen LogP contribution in [0.3, 0.4) is 0 Å². The van der Waals surface area contributed by atoms with Crippen LogP contribution in [0.1, 0.15) is 48.2 Å². The fraction of sp³-hybridized carbons (Fsp3) is 0.444. The molecule has 4 aliphatic rings. The molecule has 12 nitrogen and oxygen atoms in total. The summed E-state index contributed by atoms with van der Waals surface area (Å²) in [7, 11) is 1.67. The van der Waals surface area contributed by atoms with Crippen LogP contribution in [0.4, 0.5) is 5.82 Å². The molecule has 2 saturated carbocycles. The first-order chi connectivity index (χ1) is 23.5. The smallest absolute Gasteiger partial charge is 0.254 e.